The lowest BCUT2D eigenvalue weighted by molar-refractivity contribution is 0.0599. The lowest BCUT2D eigenvalue weighted by Crippen LogP contribution is -2.21. The standard InChI is InChI=1S/C13H15NO4/c1-18-13(17)10-5-4-9(12(15)16)8-11(10)14-6-2-3-7-14/h4-5,8H,2-3,6-7H2,1H3,(H,15,16). The predicted molar refractivity (Wildman–Crippen MR) is 66.2 cm³/mol. The van der Waals surface area contributed by atoms with Crippen LogP contribution in [-0.4, -0.2) is 37.2 Å². The van der Waals surface area contributed by atoms with Gasteiger partial charge in [0.2, 0.25) is 0 Å². The molecule has 96 valence electrons. The Hall–Kier alpha value is -2.04. The smallest absolute Gasteiger partial charge is 0.339 e. The van der Waals surface area contributed by atoms with Crippen molar-refractivity contribution in [2.24, 2.45) is 0 Å². The highest BCUT2D eigenvalue weighted by atomic mass is 16.5. The first-order valence-corrected chi connectivity index (χ1v) is 5.84. The molecule has 0 saturated carbocycles. The maximum absolute atomic E-state index is 11.7. The van der Waals surface area contributed by atoms with Crippen LogP contribution in [-0.2, 0) is 4.74 Å². The van der Waals surface area contributed by atoms with E-state index in [1.165, 1.54) is 19.2 Å². The molecular formula is C13H15NO4. The van der Waals surface area contributed by atoms with Crippen molar-refractivity contribution in [2.75, 3.05) is 25.1 Å². The van der Waals surface area contributed by atoms with E-state index in [2.05, 4.69) is 0 Å². The van der Waals surface area contributed by atoms with Crippen LogP contribution in [0, 0.1) is 0 Å². The maximum atomic E-state index is 11.7. The van der Waals surface area contributed by atoms with Crippen LogP contribution in [0.5, 0.6) is 0 Å². The fourth-order valence-electron chi connectivity index (χ4n) is 2.17. The van der Waals surface area contributed by atoms with Gasteiger partial charge < -0.3 is 14.7 Å². The van der Waals surface area contributed by atoms with Gasteiger partial charge in [0.15, 0.2) is 0 Å². The molecule has 1 saturated heterocycles. The Morgan fingerprint density at radius 2 is 1.94 bits per heavy atom. The van der Waals surface area contributed by atoms with Gasteiger partial charge in [-0.25, -0.2) is 9.59 Å². The number of carboxylic acids is 1. The molecule has 1 fully saturated rings. The molecule has 1 N–H and O–H groups in total. The van der Waals surface area contributed by atoms with Crippen molar-refractivity contribution >= 4 is 17.6 Å². The Bertz CT molecular complexity index is 478. The minimum atomic E-state index is -0.994. The van der Waals surface area contributed by atoms with Gasteiger partial charge in [-0.05, 0) is 31.0 Å². The van der Waals surface area contributed by atoms with Gasteiger partial charge in [-0.2, -0.15) is 0 Å². The summed E-state index contributed by atoms with van der Waals surface area (Å²) < 4.78 is 4.72. The molecule has 0 aliphatic carbocycles. The van der Waals surface area contributed by atoms with Crippen LogP contribution in [0.25, 0.3) is 0 Å². The third kappa shape index (κ3) is 2.30. The van der Waals surface area contributed by atoms with E-state index in [-0.39, 0.29) is 5.56 Å². The molecule has 0 atom stereocenters. The van der Waals surface area contributed by atoms with Crippen molar-refractivity contribution in [1.29, 1.82) is 0 Å². The molecule has 18 heavy (non-hydrogen) atoms. The number of nitrogens with zero attached hydrogens (tertiary/aromatic N) is 1. The SMILES string of the molecule is COC(=O)c1ccc(C(=O)O)cc1N1CCCC1. The van der Waals surface area contributed by atoms with E-state index in [4.69, 9.17) is 9.84 Å². The van der Waals surface area contributed by atoms with Crippen LogP contribution >= 0.6 is 0 Å². The average Bonchev–Trinajstić information content (AvgIpc) is 2.90. The zero-order valence-corrected chi connectivity index (χ0v) is 10.2. The Balaban J connectivity index is 2.45. The van der Waals surface area contributed by atoms with E-state index in [0.717, 1.165) is 25.9 Å². The zero-order valence-electron chi connectivity index (χ0n) is 10.2. The van der Waals surface area contributed by atoms with Crippen LogP contribution < -0.4 is 4.90 Å². The zero-order chi connectivity index (χ0) is 13.1. The number of hydrogen-bond acceptors (Lipinski definition) is 4. The van der Waals surface area contributed by atoms with E-state index in [1.807, 2.05) is 4.90 Å². The van der Waals surface area contributed by atoms with Crippen molar-refractivity contribution in [3.8, 4) is 0 Å². The van der Waals surface area contributed by atoms with Crippen LogP contribution in [0.4, 0.5) is 5.69 Å². The van der Waals surface area contributed by atoms with Crippen molar-refractivity contribution in [3.63, 3.8) is 0 Å². The molecule has 1 aromatic carbocycles. The number of methoxy groups -OCH3 is 1. The number of carboxylic acid groups (broad SMARTS) is 1. The van der Waals surface area contributed by atoms with E-state index in [0.29, 0.717) is 11.3 Å². The number of aromatic carboxylic acids is 1. The molecule has 0 unspecified atom stereocenters. The van der Waals surface area contributed by atoms with Gasteiger partial charge in [0.25, 0.3) is 0 Å². The quantitative estimate of drug-likeness (QED) is 0.827. The summed E-state index contributed by atoms with van der Waals surface area (Å²) in [4.78, 5) is 24.7. The number of rotatable bonds is 3. The Labute approximate surface area is 105 Å². The van der Waals surface area contributed by atoms with E-state index in [9.17, 15) is 9.59 Å². The number of hydrogen-bond donors (Lipinski definition) is 1. The highest BCUT2D eigenvalue weighted by Crippen LogP contribution is 2.26. The molecule has 0 aromatic heterocycles. The molecule has 1 aliphatic heterocycles. The summed E-state index contributed by atoms with van der Waals surface area (Å²) in [6, 6.07) is 4.48. The average molecular weight is 249 g/mol. The monoisotopic (exact) mass is 249 g/mol. The molecule has 5 nitrogen and oxygen atoms in total. The van der Waals surface area contributed by atoms with Crippen LogP contribution in [0.15, 0.2) is 18.2 Å². The van der Waals surface area contributed by atoms with Gasteiger partial charge in [-0.3, -0.25) is 0 Å². The van der Waals surface area contributed by atoms with Gasteiger partial charge in [0.1, 0.15) is 0 Å². The molecule has 0 bridgehead atoms. The molecule has 5 heteroatoms. The minimum absolute atomic E-state index is 0.185. The van der Waals surface area contributed by atoms with Gasteiger partial charge in [0, 0.05) is 13.1 Å². The van der Waals surface area contributed by atoms with Crippen molar-refractivity contribution in [3.05, 3.63) is 29.3 Å². The lowest BCUT2D eigenvalue weighted by atomic mass is 10.1. The number of ether oxygens (including phenoxy) is 1. The first-order valence-electron chi connectivity index (χ1n) is 5.84. The minimum Gasteiger partial charge on any atom is -0.478 e. The van der Waals surface area contributed by atoms with Gasteiger partial charge in [-0.1, -0.05) is 0 Å². The normalized spacial score (nSPS) is 14.6. The third-order valence-electron chi connectivity index (χ3n) is 3.10. The lowest BCUT2D eigenvalue weighted by Gasteiger charge is -2.20. The number of benzene rings is 1. The Morgan fingerprint density at radius 3 is 2.50 bits per heavy atom. The summed E-state index contributed by atoms with van der Waals surface area (Å²) >= 11 is 0. The molecule has 1 aromatic rings. The van der Waals surface area contributed by atoms with Gasteiger partial charge in [-0.15, -0.1) is 0 Å². The van der Waals surface area contributed by atoms with Crippen molar-refractivity contribution in [1.82, 2.24) is 0 Å². The highest BCUT2D eigenvalue weighted by Gasteiger charge is 2.21. The number of anilines is 1. The second-order valence-electron chi connectivity index (χ2n) is 4.22. The fourth-order valence-corrected chi connectivity index (χ4v) is 2.17. The van der Waals surface area contributed by atoms with E-state index < -0.39 is 11.9 Å². The number of carbonyl (C=O) groups is 2. The predicted octanol–water partition coefficient (Wildman–Crippen LogP) is 1.77. The summed E-state index contributed by atoms with van der Waals surface area (Å²) in [5, 5.41) is 9.00. The van der Waals surface area contributed by atoms with Crippen molar-refractivity contribution < 1.29 is 19.4 Å². The first-order chi connectivity index (χ1) is 8.63. The van der Waals surface area contributed by atoms with Gasteiger partial charge in [0.05, 0.1) is 23.9 Å². The molecule has 1 heterocycles. The molecule has 2 rings (SSSR count). The van der Waals surface area contributed by atoms with Crippen LogP contribution in [0.2, 0.25) is 0 Å². The van der Waals surface area contributed by atoms with E-state index >= 15 is 0 Å². The molecule has 1 aliphatic rings. The topological polar surface area (TPSA) is 66.8 Å². The molecule has 0 spiro atoms. The first kappa shape index (κ1) is 12.4. The fraction of sp³-hybridized carbons (Fsp3) is 0.385. The largest absolute Gasteiger partial charge is 0.478 e. The Kier molecular flexibility index (Phi) is 3.50. The van der Waals surface area contributed by atoms with Crippen molar-refractivity contribution in [2.45, 2.75) is 12.8 Å². The summed E-state index contributed by atoms with van der Waals surface area (Å²) in [5.41, 5.74) is 1.26. The summed E-state index contributed by atoms with van der Waals surface area (Å²) in [7, 11) is 1.32. The van der Waals surface area contributed by atoms with Crippen LogP contribution in [0.1, 0.15) is 33.6 Å². The summed E-state index contributed by atoms with van der Waals surface area (Å²) in [6.07, 6.45) is 2.11. The second kappa shape index (κ2) is 5.08. The summed E-state index contributed by atoms with van der Waals surface area (Å²) in [5.74, 6) is -1.43. The van der Waals surface area contributed by atoms with Crippen LogP contribution in [0.3, 0.4) is 0 Å². The second-order valence-corrected chi connectivity index (χ2v) is 4.22. The molecule has 0 amide bonds. The Morgan fingerprint density at radius 1 is 1.28 bits per heavy atom. The number of esters is 1. The molecular weight excluding hydrogens is 234 g/mol. The molecule has 0 radical (unpaired) electrons. The summed E-state index contributed by atoms with van der Waals surface area (Å²) in [6.45, 7) is 1.68. The maximum Gasteiger partial charge on any atom is 0.339 e. The number of carbonyl (C=O) groups excluding carboxylic acids is 1. The highest BCUT2D eigenvalue weighted by molar-refractivity contribution is 5.98. The van der Waals surface area contributed by atoms with E-state index in [1.54, 1.807) is 6.07 Å². The van der Waals surface area contributed by atoms with Gasteiger partial charge >= 0.3 is 11.9 Å². The third-order valence-corrected chi connectivity index (χ3v) is 3.10.